The number of nitrogens with two attached hydrogens (primary N) is 1. The maximum atomic E-state index is 12.7. The molecule has 0 bridgehead atoms. The van der Waals surface area contributed by atoms with Crippen LogP contribution in [0, 0.1) is 0 Å². The monoisotopic (exact) mass is 397 g/mol. The van der Waals surface area contributed by atoms with Gasteiger partial charge in [0.2, 0.25) is 5.91 Å². The van der Waals surface area contributed by atoms with E-state index >= 15 is 0 Å². The molecular formula is C17H20ClN3O4S. The number of β-lactam (4-membered cyclic amide) rings is 1. The number of carbonyl (C=O) groups excluding carboxylic acids is 2. The lowest BCUT2D eigenvalue weighted by Crippen LogP contribution is -2.78. The first-order chi connectivity index (χ1) is 12.0. The number of aliphatic carboxylic acids is 1. The fraction of sp³-hybridized carbons (Fsp3) is 0.471. The Balaban J connectivity index is 1.78. The van der Waals surface area contributed by atoms with Gasteiger partial charge in [-0.1, -0.05) is 23.7 Å². The van der Waals surface area contributed by atoms with E-state index in [9.17, 15) is 19.5 Å². The van der Waals surface area contributed by atoms with Crippen molar-refractivity contribution in [1.82, 2.24) is 10.2 Å². The number of thioether (sulfide) groups is 1. The van der Waals surface area contributed by atoms with Crippen molar-refractivity contribution in [1.29, 1.82) is 0 Å². The highest BCUT2D eigenvalue weighted by Crippen LogP contribution is 2.54. The second kappa shape index (κ2) is 6.14. The van der Waals surface area contributed by atoms with E-state index in [4.69, 9.17) is 17.3 Å². The number of carboxylic acid groups (broad SMARTS) is 1. The van der Waals surface area contributed by atoms with Gasteiger partial charge in [0.15, 0.2) is 0 Å². The Labute approximate surface area is 160 Å². The summed E-state index contributed by atoms with van der Waals surface area (Å²) in [5, 5.41) is 12.3. The van der Waals surface area contributed by atoms with Gasteiger partial charge in [0.05, 0.1) is 0 Å². The van der Waals surface area contributed by atoms with Gasteiger partial charge in [-0.15, -0.1) is 11.8 Å². The smallest absolute Gasteiger partial charge is 0.327 e. The number of nitrogens with one attached hydrogen (secondary N) is 1. The van der Waals surface area contributed by atoms with Crippen molar-refractivity contribution in [3.63, 3.8) is 0 Å². The maximum absolute atomic E-state index is 12.7. The van der Waals surface area contributed by atoms with Gasteiger partial charge < -0.3 is 21.1 Å². The quantitative estimate of drug-likeness (QED) is 0.661. The van der Waals surface area contributed by atoms with Crippen LogP contribution in [-0.2, 0) is 14.4 Å². The number of carboxylic acids is 1. The van der Waals surface area contributed by atoms with Gasteiger partial charge in [0.1, 0.15) is 23.0 Å². The lowest BCUT2D eigenvalue weighted by atomic mass is 9.85. The molecule has 1 aromatic rings. The zero-order valence-corrected chi connectivity index (χ0v) is 16.1. The molecule has 9 heteroatoms. The molecule has 140 valence electrons. The van der Waals surface area contributed by atoms with Crippen LogP contribution in [0.2, 0.25) is 5.02 Å². The first-order valence-electron chi connectivity index (χ1n) is 8.05. The van der Waals surface area contributed by atoms with E-state index in [0.717, 1.165) is 0 Å². The van der Waals surface area contributed by atoms with Crippen LogP contribution in [0.15, 0.2) is 24.3 Å². The van der Waals surface area contributed by atoms with Crippen molar-refractivity contribution in [3.8, 4) is 0 Å². The van der Waals surface area contributed by atoms with Gasteiger partial charge in [-0.05, 0) is 38.5 Å². The second-order valence-corrected chi connectivity index (χ2v) is 9.42. The molecule has 3 rings (SSSR count). The lowest BCUT2D eigenvalue weighted by Gasteiger charge is -2.51. The summed E-state index contributed by atoms with van der Waals surface area (Å²) in [6.07, 6.45) is 0. The van der Waals surface area contributed by atoms with Crippen LogP contribution >= 0.6 is 23.4 Å². The van der Waals surface area contributed by atoms with Crippen LogP contribution < -0.4 is 11.1 Å². The molecule has 26 heavy (non-hydrogen) atoms. The molecule has 2 saturated heterocycles. The van der Waals surface area contributed by atoms with Gasteiger partial charge in [-0.25, -0.2) is 4.79 Å². The van der Waals surface area contributed by atoms with Crippen LogP contribution in [0.1, 0.15) is 32.4 Å². The van der Waals surface area contributed by atoms with E-state index in [0.29, 0.717) is 10.6 Å². The predicted molar refractivity (Wildman–Crippen MR) is 98.7 cm³/mol. The van der Waals surface area contributed by atoms with Gasteiger partial charge >= 0.3 is 5.97 Å². The Kier molecular flexibility index (Phi) is 4.49. The van der Waals surface area contributed by atoms with Crippen molar-refractivity contribution < 1.29 is 19.5 Å². The molecular weight excluding hydrogens is 378 g/mol. The van der Waals surface area contributed by atoms with Crippen LogP contribution in [-0.4, -0.2) is 49.5 Å². The summed E-state index contributed by atoms with van der Waals surface area (Å²) in [6, 6.07) is 4.68. The second-order valence-electron chi connectivity index (χ2n) is 7.25. The third-order valence-corrected chi connectivity index (χ3v) is 6.91. The number of benzene rings is 1. The Morgan fingerprint density at radius 2 is 1.88 bits per heavy atom. The van der Waals surface area contributed by atoms with Crippen LogP contribution in [0.4, 0.5) is 0 Å². The maximum Gasteiger partial charge on any atom is 0.327 e. The first-order valence-corrected chi connectivity index (χ1v) is 9.31. The molecule has 0 aromatic heterocycles. The fourth-order valence-electron chi connectivity index (χ4n) is 3.49. The van der Waals surface area contributed by atoms with Gasteiger partial charge in [0, 0.05) is 9.77 Å². The summed E-state index contributed by atoms with van der Waals surface area (Å²) in [5.74, 6) is -1.96. The molecule has 2 fully saturated rings. The molecule has 1 aromatic carbocycles. The summed E-state index contributed by atoms with van der Waals surface area (Å²) < 4.78 is -0.660. The Morgan fingerprint density at radius 3 is 2.42 bits per heavy atom. The normalized spacial score (nSPS) is 30.3. The Bertz CT molecular complexity index is 785. The molecule has 2 aliphatic heterocycles. The highest BCUT2D eigenvalue weighted by Gasteiger charge is 2.70. The van der Waals surface area contributed by atoms with Crippen molar-refractivity contribution in [3.05, 3.63) is 34.9 Å². The van der Waals surface area contributed by atoms with E-state index in [1.807, 2.05) is 0 Å². The van der Waals surface area contributed by atoms with E-state index in [1.165, 1.54) is 16.7 Å². The summed E-state index contributed by atoms with van der Waals surface area (Å²) in [5.41, 5.74) is 5.39. The lowest BCUT2D eigenvalue weighted by molar-refractivity contribution is -0.168. The highest BCUT2D eigenvalue weighted by atomic mass is 35.5. The number of hydrogen-bond donors (Lipinski definition) is 3. The third-order valence-electron chi connectivity index (χ3n) is 4.91. The third kappa shape index (κ3) is 2.76. The molecule has 1 unspecified atom stereocenters. The largest absolute Gasteiger partial charge is 0.480 e. The van der Waals surface area contributed by atoms with E-state index < -0.39 is 45.5 Å². The number of fused-ring (bicyclic) bond motifs is 1. The molecule has 2 aliphatic rings. The predicted octanol–water partition coefficient (Wildman–Crippen LogP) is 1.36. The van der Waals surface area contributed by atoms with E-state index in [1.54, 1.807) is 45.0 Å². The Hall–Kier alpha value is -1.77. The van der Waals surface area contributed by atoms with Crippen molar-refractivity contribution >= 4 is 41.1 Å². The van der Waals surface area contributed by atoms with Crippen LogP contribution in [0.5, 0.6) is 0 Å². The van der Waals surface area contributed by atoms with Crippen molar-refractivity contribution in [2.45, 2.75) is 48.5 Å². The minimum Gasteiger partial charge on any atom is -0.480 e. The van der Waals surface area contributed by atoms with Gasteiger partial charge in [0.25, 0.3) is 5.91 Å². The standard InChI is InChI=1S/C17H20ClN3O4S/c1-16(2)11(13(23)24)21-14(25)17(3,15(21)26-16)20-12(22)10(19)8-4-6-9(18)7-5-8/h4-7,10-11,15H,19H2,1-3H3,(H,20,22)(H,23,24)/t10?,11-,15+,17-/m0/s1. The zero-order chi connectivity index (χ0) is 19.4. The number of halogens is 1. The van der Waals surface area contributed by atoms with Crippen molar-refractivity contribution in [2.24, 2.45) is 5.73 Å². The molecule has 2 amide bonds. The zero-order valence-electron chi connectivity index (χ0n) is 14.5. The number of hydrogen-bond acceptors (Lipinski definition) is 5. The summed E-state index contributed by atoms with van der Waals surface area (Å²) in [7, 11) is 0. The molecule has 0 aliphatic carbocycles. The van der Waals surface area contributed by atoms with E-state index in [-0.39, 0.29) is 0 Å². The molecule has 0 saturated carbocycles. The average molecular weight is 398 g/mol. The number of rotatable bonds is 4. The molecule has 0 spiro atoms. The number of carbonyl (C=O) groups is 3. The van der Waals surface area contributed by atoms with E-state index in [2.05, 4.69) is 5.32 Å². The SMILES string of the molecule is CC1(C)S[C@H]2N(C(=O)[C@]2(C)NC(=O)C(N)c2ccc(Cl)cc2)[C@H]1C(=O)O. The first kappa shape index (κ1) is 19.0. The van der Waals surface area contributed by atoms with Gasteiger partial charge in [-0.3, -0.25) is 9.59 Å². The van der Waals surface area contributed by atoms with Crippen LogP contribution in [0.3, 0.4) is 0 Å². The minimum atomic E-state index is -1.19. The topological polar surface area (TPSA) is 113 Å². The average Bonchev–Trinajstić information content (AvgIpc) is 2.84. The summed E-state index contributed by atoms with van der Waals surface area (Å²) in [6.45, 7) is 5.17. The fourth-order valence-corrected chi connectivity index (χ4v) is 5.26. The summed E-state index contributed by atoms with van der Waals surface area (Å²) >= 11 is 7.21. The molecule has 4 N–H and O–H groups in total. The molecule has 0 radical (unpaired) electrons. The number of amides is 2. The van der Waals surface area contributed by atoms with Crippen molar-refractivity contribution in [2.75, 3.05) is 0 Å². The van der Waals surface area contributed by atoms with Gasteiger partial charge in [-0.2, -0.15) is 0 Å². The molecule has 7 nitrogen and oxygen atoms in total. The number of nitrogens with zero attached hydrogens (tertiary/aromatic N) is 1. The minimum absolute atomic E-state index is 0.412. The Morgan fingerprint density at radius 1 is 1.31 bits per heavy atom. The molecule has 4 atom stereocenters. The molecule has 2 heterocycles. The summed E-state index contributed by atoms with van der Waals surface area (Å²) in [4.78, 5) is 38.2. The highest BCUT2D eigenvalue weighted by molar-refractivity contribution is 8.01. The van der Waals surface area contributed by atoms with Crippen LogP contribution in [0.25, 0.3) is 0 Å².